The van der Waals surface area contributed by atoms with Gasteiger partial charge in [0.25, 0.3) is 5.91 Å². The van der Waals surface area contributed by atoms with Gasteiger partial charge in [-0.25, -0.2) is 9.97 Å². The number of hydrogen-bond donors (Lipinski definition) is 2. The van der Waals surface area contributed by atoms with Crippen molar-refractivity contribution in [2.75, 3.05) is 93.5 Å². The molecule has 3 fully saturated rings. The molecule has 14 nitrogen and oxygen atoms in total. The van der Waals surface area contributed by atoms with Gasteiger partial charge in [-0.3, -0.25) is 14.5 Å². The van der Waals surface area contributed by atoms with Gasteiger partial charge in [-0.15, -0.1) is 0 Å². The Labute approximate surface area is 352 Å². The maximum absolute atomic E-state index is 13.1. The standard InChI is InChI=1S/C46H57N11O3/c1-47-43(59)18-13-35(32-58)34-7-6-10-39(27-34)55-25-23-54(24-26-55)37-14-11-33(12-15-37)31-53-19-21-56(22-20-53)40-16-17-42(48-30-40)50-46-49-29-36-28-41(45(60)52(2)3)57(44(36)51-46)38-8-4-5-9-38/h6-7,10-12,14-17,27-30,32,35,38H,4-5,8-9,13,18-26,31H2,1-3H3,(H,47,59)(H,48,49,50,51). The SMILES string of the molecule is CNC(=O)CCC(C=O)c1cccc(N2CCN(c3ccc(CN4CCN(c5ccc(Nc6ncc7cc(C(=O)N(C)C)n(C8CCCC8)c7n6)nc5)CC4)cc3)CC2)c1. The number of carbonyl (C=O) groups is 3. The van der Waals surface area contributed by atoms with E-state index in [9.17, 15) is 14.4 Å². The van der Waals surface area contributed by atoms with Crippen molar-refractivity contribution in [1.82, 2.24) is 34.6 Å². The zero-order valence-corrected chi connectivity index (χ0v) is 35.1. The van der Waals surface area contributed by atoms with E-state index >= 15 is 0 Å². The highest BCUT2D eigenvalue weighted by molar-refractivity contribution is 5.98. The third kappa shape index (κ3) is 9.23. The van der Waals surface area contributed by atoms with Crippen molar-refractivity contribution in [2.45, 2.75) is 57.0 Å². The highest BCUT2D eigenvalue weighted by atomic mass is 16.2. The monoisotopic (exact) mass is 811 g/mol. The van der Waals surface area contributed by atoms with Crippen LogP contribution in [0.25, 0.3) is 11.0 Å². The first-order valence-electron chi connectivity index (χ1n) is 21.4. The second-order valence-electron chi connectivity index (χ2n) is 16.5. The first-order chi connectivity index (χ1) is 29.3. The fraction of sp³-hybridized carbons (Fsp3) is 0.435. The molecule has 0 bridgehead atoms. The van der Waals surface area contributed by atoms with E-state index in [1.165, 1.54) is 11.3 Å². The van der Waals surface area contributed by atoms with Gasteiger partial charge in [-0.05, 0) is 72.9 Å². The van der Waals surface area contributed by atoms with Crippen LogP contribution in [-0.2, 0) is 16.1 Å². The first-order valence-corrected chi connectivity index (χ1v) is 21.4. The van der Waals surface area contributed by atoms with Gasteiger partial charge in [-0.2, -0.15) is 4.98 Å². The summed E-state index contributed by atoms with van der Waals surface area (Å²) in [7, 11) is 5.20. The van der Waals surface area contributed by atoms with Crippen molar-refractivity contribution in [2.24, 2.45) is 0 Å². The number of anilines is 5. The summed E-state index contributed by atoms with van der Waals surface area (Å²) in [5.74, 6) is 0.793. The lowest BCUT2D eigenvalue weighted by molar-refractivity contribution is -0.120. The number of rotatable bonds is 14. The molecule has 14 heteroatoms. The number of hydrogen-bond acceptors (Lipinski definition) is 11. The summed E-state index contributed by atoms with van der Waals surface area (Å²) in [5.41, 5.74) is 7.20. The maximum Gasteiger partial charge on any atom is 0.270 e. The molecule has 0 spiro atoms. The number of pyridine rings is 1. The zero-order valence-electron chi connectivity index (χ0n) is 35.1. The van der Waals surface area contributed by atoms with E-state index in [1.54, 1.807) is 32.2 Å². The van der Waals surface area contributed by atoms with Gasteiger partial charge < -0.3 is 39.6 Å². The highest BCUT2D eigenvalue weighted by Crippen LogP contribution is 2.35. The van der Waals surface area contributed by atoms with Crippen LogP contribution in [0.2, 0.25) is 0 Å². The second kappa shape index (κ2) is 18.5. The fourth-order valence-electron chi connectivity index (χ4n) is 8.89. The number of aromatic nitrogens is 4. The second-order valence-corrected chi connectivity index (χ2v) is 16.5. The van der Waals surface area contributed by atoms with E-state index in [2.05, 4.69) is 82.2 Å². The molecule has 3 aliphatic rings. The minimum atomic E-state index is -0.285. The molecular weight excluding hydrogens is 755 g/mol. The summed E-state index contributed by atoms with van der Waals surface area (Å²) in [5, 5.41) is 6.80. The Morgan fingerprint density at radius 3 is 2.17 bits per heavy atom. The van der Waals surface area contributed by atoms with Crippen LogP contribution in [0, 0.1) is 0 Å². The molecule has 314 valence electrons. The Morgan fingerprint density at radius 1 is 0.817 bits per heavy atom. The number of benzene rings is 2. The molecular formula is C46H57N11O3. The minimum absolute atomic E-state index is 0.0198. The molecule has 8 rings (SSSR count). The average molecular weight is 812 g/mol. The Hall–Kier alpha value is -6.02. The van der Waals surface area contributed by atoms with Crippen LogP contribution < -0.4 is 25.3 Å². The van der Waals surface area contributed by atoms with E-state index in [1.807, 2.05) is 30.5 Å². The number of nitrogens with one attached hydrogen (secondary N) is 2. The van der Waals surface area contributed by atoms with Crippen molar-refractivity contribution < 1.29 is 14.4 Å². The summed E-state index contributed by atoms with van der Waals surface area (Å²) >= 11 is 0. The van der Waals surface area contributed by atoms with Crippen LogP contribution in [0.4, 0.5) is 28.8 Å². The molecule has 2 aliphatic heterocycles. The van der Waals surface area contributed by atoms with Crippen molar-refractivity contribution in [3.63, 3.8) is 0 Å². The smallest absolute Gasteiger partial charge is 0.270 e. The Balaban J connectivity index is 0.806. The van der Waals surface area contributed by atoms with Crippen molar-refractivity contribution in [1.29, 1.82) is 0 Å². The van der Waals surface area contributed by atoms with Gasteiger partial charge in [0.05, 0.1) is 11.9 Å². The number of amides is 2. The van der Waals surface area contributed by atoms with Gasteiger partial charge >= 0.3 is 0 Å². The molecule has 1 unspecified atom stereocenters. The molecule has 2 amide bonds. The highest BCUT2D eigenvalue weighted by Gasteiger charge is 2.27. The zero-order chi connectivity index (χ0) is 41.6. The van der Waals surface area contributed by atoms with Crippen molar-refractivity contribution in [3.8, 4) is 0 Å². The summed E-state index contributed by atoms with van der Waals surface area (Å²) in [6.45, 7) is 8.36. The topological polar surface area (TPSA) is 135 Å². The van der Waals surface area contributed by atoms with E-state index in [-0.39, 0.29) is 23.8 Å². The molecule has 0 radical (unpaired) electrons. The number of nitrogens with zero attached hydrogens (tertiary/aromatic N) is 9. The average Bonchev–Trinajstić information content (AvgIpc) is 3.96. The minimum Gasteiger partial charge on any atom is -0.368 e. The van der Waals surface area contributed by atoms with Crippen LogP contribution >= 0.6 is 0 Å². The summed E-state index contributed by atoms with van der Waals surface area (Å²) < 4.78 is 2.13. The van der Waals surface area contributed by atoms with E-state index in [0.29, 0.717) is 30.3 Å². The molecule has 3 aromatic heterocycles. The lowest BCUT2D eigenvalue weighted by atomic mass is 9.95. The van der Waals surface area contributed by atoms with Crippen molar-refractivity contribution >= 4 is 58.0 Å². The van der Waals surface area contributed by atoms with Crippen LogP contribution in [0.5, 0.6) is 0 Å². The third-order valence-corrected chi connectivity index (χ3v) is 12.4. The number of piperazine rings is 2. The molecule has 1 aliphatic carbocycles. The van der Waals surface area contributed by atoms with Gasteiger partial charge in [-0.1, -0.05) is 37.1 Å². The number of aldehydes is 1. The lowest BCUT2D eigenvalue weighted by Gasteiger charge is -2.38. The number of carbonyl (C=O) groups excluding carboxylic acids is 3. The van der Waals surface area contributed by atoms with Crippen LogP contribution in [0.15, 0.2) is 79.1 Å². The third-order valence-electron chi connectivity index (χ3n) is 12.4. The quantitative estimate of drug-likeness (QED) is 0.131. The summed E-state index contributed by atoms with van der Waals surface area (Å²) in [4.78, 5) is 62.2. The van der Waals surface area contributed by atoms with Crippen LogP contribution in [-0.4, -0.2) is 121 Å². The predicted molar refractivity (Wildman–Crippen MR) is 237 cm³/mol. The normalized spacial score (nSPS) is 16.9. The predicted octanol–water partition coefficient (Wildman–Crippen LogP) is 5.84. The van der Waals surface area contributed by atoms with E-state index < -0.39 is 0 Å². The van der Waals surface area contributed by atoms with E-state index in [0.717, 1.165) is 119 Å². The van der Waals surface area contributed by atoms with Gasteiger partial charge in [0, 0.05) is 121 Å². The molecule has 2 N–H and O–H groups in total. The number of fused-ring (bicyclic) bond motifs is 1. The molecule has 2 saturated heterocycles. The largest absolute Gasteiger partial charge is 0.368 e. The molecule has 60 heavy (non-hydrogen) atoms. The molecule has 1 atom stereocenters. The van der Waals surface area contributed by atoms with Crippen LogP contribution in [0.1, 0.15) is 72.1 Å². The van der Waals surface area contributed by atoms with Crippen LogP contribution in [0.3, 0.4) is 0 Å². The Kier molecular flexibility index (Phi) is 12.6. The lowest BCUT2D eigenvalue weighted by Crippen LogP contribution is -2.46. The fourth-order valence-corrected chi connectivity index (χ4v) is 8.89. The van der Waals surface area contributed by atoms with Gasteiger partial charge in [0.15, 0.2) is 0 Å². The van der Waals surface area contributed by atoms with Gasteiger partial charge in [0.1, 0.15) is 23.4 Å². The summed E-state index contributed by atoms with van der Waals surface area (Å²) in [6.07, 6.45) is 9.93. The van der Waals surface area contributed by atoms with Gasteiger partial charge in [0.2, 0.25) is 11.9 Å². The Bertz CT molecular complexity index is 2250. The maximum atomic E-state index is 13.1. The first kappa shape index (κ1) is 40.7. The van der Waals surface area contributed by atoms with Crippen molar-refractivity contribution in [3.05, 3.63) is 95.9 Å². The van der Waals surface area contributed by atoms with E-state index in [4.69, 9.17) is 9.97 Å². The molecule has 2 aromatic carbocycles. The summed E-state index contributed by atoms with van der Waals surface area (Å²) in [6, 6.07) is 23.5. The molecule has 1 saturated carbocycles. The Morgan fingerprint density at radius 2 is 1.50 bits per heavy atom. The molecule has 5 heterocycles. The molecule has 5 aromatic rings.